The normalized spacial score (nSPS) is 17.5. The van der Waals surface area contributed by atoms with E-state index < -0.39 is 0 Å². The van der Waals surface area contributed by atoms with Gasteiger partial charge in [-0.2, -0.15) is 5.10 Å². The summed E-state index contributed by atoms with van der Waals surface area (Å²) < 4.78 is 20.6. The first-order chi connectivity index (χ1) is 8.53. The zero-order chi connectivity index (χ0) is 12.8. The van der Waals surface area contributed by atoms with Crippen LogP contribution in [0.5, 0.6) is 0 Å². The van der Waals surface area contributed by atoms with Crippen molar-refractivity contribution in [2.45, 2.75) is 32.6 Å². The molecule has 3 rings (SSSR count). The Kier molecular flexibility index (Phi) is 2.48. The Morgan fingerprint density at radius 3 is 2.72 bits per heavy atom. The number of nitrogens with zero attached hydrogens (tertiary/aromatic N) is 2. The van der Waals surface area contributed by atoms with E-state index in [1.165, 1.54) is 12.1 Å². The molecule has 3 nitrogen and oxygen atoms in total. The summed E-state index contributed by atoms with van der Waals surface area (Å²) in [7, 11) is 0. The molecule has 1 aliphatic heterocycles. The molecule has 0 atom stereocenters. The Morgan fingerprint density at radius 1 is 1.28 bits per heavy atom. The summed E-state index contributed by atoms with van der Waals surface area (Å²) in [5.41, 5.74) is 2.68. The molecular formula is C14H15FN2O. The predicted molar refractivity (Wildman–Crippen MR) is 66.5 cm³/mol. The van der Waals surface area contributed by atoms with Gasteiger partial charge in [0, 0.05) is 5.56 Å². The average Bonchev–Trinajstić information content (AvgIpc) is 2.71. The molecule has 2 aromatic rings. The fraction of sp³-hybridized carbons (Fsp3) is 0.357. The molecule has 0 saturated heterocycles. The molecule has 0 fully saturated rings. The van der Waals surface area contributed by atoms with Gasteiger partial charge in [0.2, 0.25) is 0 Å². The lowest BCUT2D eigenvalue weighted by Gasteiger charge is -2.30. The molecule has 18 heavy (non-hydrogen) atoms. The summed E-state index contributed by atoms with van der Waals surface area (Å²) in [6, 6.07) is 8.40. The number of hydrogen-bond acceptors (Lipinski definition) is 2. The number of hydrogen-bond donors (Lipinski definition) is 0. The Balaban J connectivity index is 1.96. The second-order valence-corrected chi connectivity index (χ2v) is 5.23. The van der Waals surface area contributed by atoms with Gasteiger partial charge in [-0.05, 0) is 44.2 Å². The lowest BCUT2D eigenvalue weighted by atomic mass is 10.1. The highest BCUT2D eigenvalue weighted by molar-refractivity contribution is 5.59. The fourth-order valence-electron chi connectivity index (χ4n) is 2.15. The SMILES string of the molecule is CC1(C)Cn2nc(-c3ccc(F)cc3)cc2CO1. The van der Waals surface area contributed by atoms with E-state index in [1.807, 2.05) is 10.7 Å². The van der Waals surface area contributed by atoms with Crippen molar-refractivity contribution >= 4 is 0 Å². The monoisotopic (exact) mass is 246 g/mol. The summed E-state index contributed by atoms with van der Waals surface area (Å²) in [6.45, 7) is 5.41. The predicted octanol–water partition coefficient (Wildman–Crippen LogP) is 3.00. The number of rotatable bonds is 1. The average molecular weight is 246 g/mol. The molecule has 2 heterocycles. The molecule has 0 amide bonds. The maximum absolute atomic E-state index is 12.9. The number of ether oxygens (including phenoxy) is 1. The molecule has 4 heteroatoms. The highest BCUT2D eigenvalue weighted by Gasteiger charge is 2.27. The maximum atomic E-state index is 12.9. The molecule has 1 aliphatic rings. The van der Waals surface area contributed by atoms with Crippen molar-refractivity contribution in [2.75, 3.05) is 0 Å². The van der Waals surface area contributed by atoms with Crippen LogP contribution >= 0.6 is 0 Å². The van der Waals surface area contributed by atoms with Gasteiger partial charge in [-0.25, -0.2) is 4.39 Å². The Labute approximate surface area is 105 Å². The largest absolute Gasteiger partial charge is 0.367 e. The Bertz CT molecular complexity index is 572. The molecule has 1 aromatic carbocycles. The van der Waals surface area contributed by atoms with Crippen LogP contribution in [0, 0.1) is 5.82 Å². The third kappa shape index (κ3) is 2.04. The van der Waals surface area contributed by atoms with Gasteiger partial charge in [0.05, 0.1) is 30.1 Å². The van der Waals surface area contributed by atoms with Gasteiger partial charge in [0.25, 0.3) is 0 Å². The van der Waals surface area contributed by atoms with E-state index in [2.05, 4.69) is 18.9 Å². The Hall–Kier alpha value is -1.68. The van der Waals surface area contributed by atoms with Crippen LogP contribution in [0.1, 0.15) is 19.5 Å². The van der Waals surface area contributed by atoms with Crippen molar-refractivity contribution in [2.24, 2.45) is 0 Å². The van der Waals surface area contributed by atoms with E-state index in [1.54, 1.807) is 12.1 Å². The molecule has 0 bridgehead atoms. The van der Waals surface area contributed by atoms with Crippen molar-refractivity contribution in [3.63, 3.8) is 0 Å². The number of benzene rings is 1. The highest BCUT2D eigenvalue weighted by Crippen LogP contribution is 2.26. The molecule has 1 aromatic heterocycles. The van der Waals surface area contributed by atoms with E-state index in [0.29, 0.717) is 6.61 Å². The molecule has 94 valence electrons. The number of fused-ring (bicyclic) bond motifs is 1. The molecule has 0 radical (unpaired) electrons. The minimum Gasteiger partial charge on any atom is -0.367 e. The third-order valence-electron chi connectivity index (χ3n) is 3.14. The summed E-state index contributed by atoms with van der Waals surface area (Å²) in [5.74, 6) is -0.229. The summed E-state index contributed by atoms with van der Waals surface area (Å²) >= 11 is 0. The van der Waals surface area contributed by atoms with Crippen LogP contribution in [-0.4, -0.2) is 15.4 Å². The summed E-state index contributed by atoms with van der Waals surface area (Å²) in [6.07, 6.45) is 0. The van der Waals surface area contributed by atoms with Crippen LogP contribution in [0.2, 0.25) is 0 Å². The first-order valence-electron chi connectivity index (χ1n) is 6.00. The van der Waals surface area contributed by atoms with Gasteiger partial charge in [0.1, 0.15) is 5.82 Å². The van der Waals surface area contributed by atoms with Gasteiger partial charge >= 0.3 is 0 Å². The molecule has 0 unspecified atom stereocenters. The van der Waals surface area contributed by atoms with Crippen LogP contribution in [0.15, 0.2) is 30.3 Å². The topological polar surface area (TPSA) is 27.1 Å². The number of halogens is 1. The van der Waals surface area contributed by atoms with Crippen LogP contribution < -0.4 is 0 Å². The minimum atomic E-state index is -0.229. The smallest absolute Gasteiger partial charge is 0.123 e. The zero-order valence-electron chi connectivity index (χ0n) is 10.5. The second kappa shape index (κ2) is 3.92. The van der Waals surface area contributed by atoms with Crippen molar-refractivity contribution in [1.29, 1.82) is 0 Å². The van der Waals surface area contributed by atoms with Crippen molar-refractivity contribution < 1.29 is 9.13 Å². The van der Waals surface area contributed by atoms with Crippen molar-refractivity contribution in [3.05, 3.63) is 41.8 Å². The van der Waals surface area contributed by atoms with Crippen LogP contribution in [0.3, 0.4) is 0 Å². The van der Waals surface area contributed by atoms with Crippen molar-refractivity contribution in [3.8, 4) is 11.3 Å². The third-order valence-corrected chi connectivity index (χ3v) is 3.14. The van der Waals surface area contributed by atoms with Gasteiger partial charge in [0.15, 0.2) is 0 Å². The van der Waals surface area contributed by atoms with Gasteiger partial charge in [-0.1, -0.05) is 0 Å². The van der Waals surface area contributed by atoms with Crippen LogP contribution in [0.25, 0.3) is 11.3 Å². The van der Waals surface area contributed by atoms with Gasteiger partial charge in [-0.3, -0.25) is 4.68 Å². The van der Waals surface area contributed by atoms with Gasteiger partial charge < -0.3 is 4.74 Å². The zero-order valence-corrected chi connectivity index (χ0v) is 10.5. The van der Waals surface area contributed by atoms with Gasteiger partial charge in [-0.15, -0.1) is 0 Å². The fourth-order valence-corrected chi connectivity index (χ4v) is 2.15. The molecule has 0 N–H and O–H groups in total. The second-order valence-electron chi connectivity index (χ2n) is 5.23. The molecule has 0 saturated carbocycles. The van der Waals surface area contributed by atoms with E-state index in [9.17, 15) is 4.39 Å². The van der Waals surface area contributed by atoms with Crippen molar-refractivity contribution in [1.82, 2.24) is 9.78 Å². The van der Waals surface area contributed by atoms with E-state index >= 15 is 0 Å². The lowest BCUT2D eigenvalue weighted by Crippen LogP contribution is -2.36. The standard InChI is InChI=1S/C14H15FN2O/c1-14(2)9-17-12(8-18-14)7-13(16-17)10-3-5-11(15)6-4-10/h3-7H,8-9H2,1-2H3. The summed E-state index contributed by atoms with van der Waals surface area (Å²) in [5, 5.41) is 4.56. The summed E-state index contributed by atoms with van der Waals surface area (Å²) in [4.78, 5) is 0. The molecule has 0 spiro atoms. The number of aromatic nitrogens is 2. The molecule has 0 aliphatic carbocycles. The molecular weight excluding hydrogens is 231 g/mol. The minimum absolute atomic E-state index is 0.181. The Morgan fingerprint density at radius 2 is 2.00 bits per heavy atom. The van der Waals surface area contributed by atoms with E-state index in [0.717, 1.165) is 23.5 Å². The lowest BCUT2D eigenvalue weighted by molar-refractivity contribution is -0.0660. The first kappa shape index (κ1) is 11.4. The first-order valence-corrected chi connectivity index (χ1v) is 6.00. The maximum Gasteiger partial charge on any atom is 0.123 e. The van der Waals surface area contributed by atoms with E-state index in [4.69, 9.17) is 4.74 Å². The quantitative estimate of drug-likeness (QED) is 0.773. The highest BCUT2D eigenvalue weighted by atomic mass is 19.1. The van der Waals surface area contributed by atoms with Crippen LogP contribution in [0.4, 0.5) is 4.39 Å². The van der Waals surface area contributed by atoms with E-state index in [-0.39, 0.29) is 11.4 Å². The van der Waals surface area contributed by atoms with Crippen LogP contribution in [-0.2, 0) is 17.9 Å².